The predicted molar refractivity (Wildman–Crippen MR) is 166 cm³/mol. The van der Waals surface area contributed by atoms with E-state index in [0.29, 0.717) is 6.42 Å². The first-order valence-electron chi connectivity index (χ1n) is 17.0. The molecular formula is C34H68O5. The van der Waals surface area contributed by atoms with Crippen LogP contribution in [0.3, 0.4) is 0 Å². The van der Waals surface area contributed by atoms with E-state index in [2.05, 4.69) is 27.7 Å². The van der Waals surface area contributed by atoms with Crippen molar-refractivity contribution in [3.05, 3.63) is 0 Å². The van der Waals surface area contributed by atoms with Gasteiger partial charge in [-0.2, -0.15) is 0 Å². The lowest BCUT2D eigenvalue weighted by molar-refractivity contribution is -0.140. The number of rotatable bonds is 31. The molecule has 0 saturated heterocycles. The summed E-state index contributed by atoms with van der Waals surface area (Å²) >= 11 is 0. The molecule has 0 aliphatic heterocycles. The van der Waals surface area contributed by atoms with Gasteiger partial charge in [-0.1, -0.05) is 118 Å². The molecule has 0 aromatic rings. The Balaban J connectivity index is 5.18. The number of methoxy groups -OCH3 is 1. The van der Waals surface area contributed by atoms with Crippen molar-refractivity contribution in [2.75, 3.05) is 26.9 Å². The fourth-order valence-electron chi connectivity index (χ4n) is 5.05. The first kappa shape index (κ1) is 38.4. The van der Waals surface area contributed by atoms with Crippen molar-refractivity contribution in [2.24, 2.45) is 0 Å². The molecule has 5 nitrogen and oxygen atoms in total. The van der Waals surface area contributed by atoms with Gasteiger partial charge in [0.05, 0.1) is 25.4 Å². The fraction of sp³-hybridized carbons (Fsp3) is 0.971. The van der Waals surface area contributed by atoms with Gasteiger partial charge in [-0.05, 0) is 38.5 Å². The first-order valence-corrected chi connectivity index (χ1v) is 17.0. The van der Waals surface area contributed by atoms with E-state index < -0.39 is 0 Å². The van der Waals surface area contributed by atoms with Crippen molar-refractivity contribution in [2.45, 2.75) is 187 Å². The van der Waals surface area contributed by atoms with Gasteiger partial charge in [0.25, 0.3) is 0 Å². The molecule has 0 aliphatic carbocycles. The third kappa shape index (κ3) is 24.8. The summed E-state index contributed by atoms with van der Waals surface area (Å²) in [5.41, 5.74) is 0. The largest absolute Gasteiger partial charge is 0.469 e. The molecule has 0 saturated carbocycles. The van der Waals surface area contributed by atoms with Crippen molar-refractivity contribution in [3.63, 3.8) is 0 Å². The molecule has 0 N–H and O–H groups in total. The summed E-state index contributed by atoms with van der Waals surface area (Å²) in [4.78, 5) is 11.4. The smallest absolute Gasteiger partial charge is 0.305 e. The van der Waals surface area contributed by atoms with Crippen LogP contribution in [-0.4, -0.2) is 51.2 Å². The second kappa shape index (κ2) is 30.3. The molecule has 0 amide bonds. The molecule has 39 heavy (non-hydrogen) atoms. The quantitative estimate of drug-likeness (QED) is 0.0628. The molecule has 0 rings (SSSR count). The number of carbonyl (C=O) groups excluding carboxylic acids is 1. The average Bonchev–Trinajstić information content (AvgIpc) is 2.95. The normalized spacial score (nSPS) is 13.9. The summed E-state index contributed by atoms with van der Waals surface area (Å²) < 4.78 is 24.5. The second-order valence-corrected chi connectivity index (χ2v) is 11.4. The minimum Gasteiger partial charge on any atom is -0.469 e. The number of hydrogen-bond donors (Lipinski definition) is 0. The van der Waals surface area contributed by atoms with E-state index >= 15 is 0 Å². The molecule has 0 aliphatic rings. The van der Waals surface area contributed by atoms with Gasteiger partial charge in [0.1, 0.15) is 0 Å². The van der Waals surface area contributed by atoms with E-state index in [1.54, 1.807) is 0 Å². The summed E-state index contributed by atoms with van der Waals surface area (Å²) in [6.45, 7) is 11.5. The van der Waals surface area contributed by atoms with E-state index in [1.807, 2.05) is 0 Å². The molecule has 0 radical (unpaired) electrons. The summed E-state index contributed by atoms with van der Waals surface area (Å²) in [5.74, 6) is -0.0974. The van der Waals surface area contributed by atoms with Crippen LogP contribution in [0.15, 0.2) is 0 Å². The van der Waals surface area contributed by atoms with Crippen molar-refractivity contribution in [1.82, 2.24) is 0 Å². The van der Waals surface area contributed by atoms with Gasteiger partial charge in [-0.3, -0.25) is 4.79 Å². The van der Waals surface area contributed by atoms with Gasteiger partial charge < -0.3 is 18.9 Å². The molecular weight excluding hydrogens is 488 g/mol. The molecule has 5 heteroatoms. The molecule has 0 heterocycles. The lowest BCUT2D eigenvalue weighted by Gasteiger charge is -2.31. The van der Waals surface area contributed by atoms with Crippen LogP contribution in [-0.2, 0) is 23.7 Å². The summed E-state index contributed by atoms with van der Waals surface area (Å²) in [6.07, 6.45) is 25.4. The van der Waals surface area contributed by atoms with Crippen LogP contribution in [0.1, 0.15) is 169 Å². The number of esters is 1. The lowest BCUT2D eigenvalue weighted by atomic mass is 9.97. The second-order valence-electron chi connectivity index (χ2n) is 11.4. The molecule has 0 aromatic heterocycles. The van der Waals surface area contributed by atoms with Crippen LogP contribution in [0.5, 0.6) is 0 Å². The Morgan fingerprint density at radius 1 is 0.513 bits per heavy atom. The minimum atomic E-state index is -0.0974. The number of hydrogen-bond acceptors (Lipinski definition) is 5. The van der Waals surface area contributed by atoms with Crippen molar-refractivity contribution in [1.29, 1.82) is 0 Å². The maximum atomic E-state index is 11.4. The number of ether oxygens (including phenoxy) is 4. The Labute approximate surface area is 243 Å². The van der Waals surface area contributed by atoms with Crippen molar-refractivity contribution >= 4 is 5.97 Å². The van der Waals surface area contributed by atoms with E-state index in [9.17, 15) is 4.79 Å². The first-order chi connectivity index (χ1) is 19.1. The van der Waals surface area contributed by atoms with Crippen LogP contribution in [0.2, 0.25) is 0 Å². The maximum Gasteiger partial charge on any atom is 0.305 e. The average molecular weight is 557 g/mol. The van der Waals surface area contributed by atoms with Gasteiger partial charge in [0, 0.05) is 32.7 Å². The Hall–Kier alpha value is -0.650. The van der Waals surface area contributed by atoms with Gasteiger partial charge in [0.2, 0.25) is 0 Å². The molecule has 0 fully saturated rings. The number of unbranched alkanes of at least 4 members (excludes halogenated alkanes) is 13. The van der Waals surface area contributed by atoms with Crippen LogP contribution in [0, 0.1) is 0 Å². The highest BCUT2D eigenvalue weighted by Gasteiger charge is 2.27. The topological polar surface area (TPSA) is 54.0 Å². The molecule has 0 aromatic carbocycles. The van der Waals surface area contributed by atoms with E-state index in [0.717, 1.165) is 84.0 Å². The van der Waals surface area contributed by atoms with E-state index in [4.69, 9.17) is 18.9 Å². The van der Waals surface area contributed by atoms with Crippen LogP contribution in [0.4, 0.5) is 0 Å². The molecule has 234 valence electrons. The van der Waals surface area contributed by atoms with E-state index in [-0.39, 0.29) is 24.3 Å². The van der Waals surface area contributed by atoms with Gasteiger partial charge in [-0.15, -0.1) is 0 Å². The Morgan fingerprint density at radius 2 is 0.974 bits per heavy atom. The van der Waals surface area contributed by atoms with Crippen LogP contribution in [0.25, 0.3) is 0 Å². The van der Waals surface area contributed by atoms with Crippen molar-refractivity contribution in [3.8, 4) is 0 Å². The maximum absolute atomic E-state index is 11.4. The van der Waals surface area contributed by atoms with Gasteiger partial charge >= 0.3 is 5.97 Å². The monoisotopic (exact) mass is 557 g/mol. The SMILES string of the molecule is CCCCCCC(CC(OCCCCC)C(CCCCCCCC(=O)OC)OCCCCC)OCCCCC. The van der Waals surface area contributed by atoms with Crippen LogP contribution < -0.4 is 0 Å². The Bertz CT molecular complexity index is 486. The minimum absolute atomic E-state index is 0.0974. The zero-order valence-electron chi connectivity index (χ0n) is 27.0. The molecule has 3 unspecified atom stereocenters. The third-order valence-electron chi connectivity index (χ3n) is 7.65. The fourth-order valence-corrected chi connectivity index (χ4v) is 5.05. The van der Waals surface area contributed by atoms with Crippen molar-refractivity contribution < 1.29 is 23.7 Å². The van der Waals surface area contributed by atoms with E-state index in [1.165, 1.54) is 77.7 Å². The number of carbonyl (C=O) groups is 1. The molecule has 3 atom stereocenters. The lowest BCUT2D eigenvalue weighted by Crippen LogP contribution is -2.36. The highest BCUT2D eigenvalue weighted by Crippen LogP contribution is 2.23. The molecule has 0 spiro atoms. The zero-order valence-corrected chi connectivity index (χ0v) is 27.0. The highest BCUT2D eigenvalue weighted by atomic mass is 16.5. The predicted octanol–water partition coefficient (Wildman–Crippen LogP) is 9.98. The summed E-state index contributed by atoms with van der Waals surface area (Å²) in [7, 11) is 1.47. The Kier molecular flexibility index (Phi) is 29.8. The summed E-state index contributed by atoms with van der Waals surface area (Å²) in [6, 6.07) is 0. The summed E-state index contributed by atoms with van der Waals surface area (Å²) in [5, 5.41) is 0. The van der Waals surface area contributed by atoms with Gasteiger partial charge in [0.15, 0.2) is 0 Å². The third-order valence-corrected chi connectivity index (χ3v) is 7.65. The van der Waals surface area contributed by atoms with Crippen LogP contribution >= 0.6 is 0 Å². The van der Waals surface area contributed by atoms with Gasteiger partial charge in [-0.25, -0.2) is 0 Å². The standard InChI is InChI=1S/C34H68O5/c1-6-10-14-18-24-31(37-27-21-11-7-2)30-33(39-29-23-13-9-4)32(38-28-22-12-8-3)25-19-16-15-17-20-26-34(35)36-5/h31-33H,6-30H2,1-5H3. The molecule has 0 bridgehead atoms. The Morgan fingerprint density at radius 3 is 1.56 bits per heavy atom. The zero-order chi connectivity index (χ0) is 28.8. The highest BCUT2D eigenvalue weighted by molar-refractivity contribution is 5.68.